The predicted octanol–water partition coefficient (Wildman–Crippen LogP) is 3.08. The van der Waals surface area contributed by atoms with Gasteiger partial charge in [0.25, 0.3) is 0 Å². The largest absolute Gasteiger partial charge is 0.458 e. The van der Waals surface area contributed by atoms with Crippen LogP contribution in [0.3, 0.4) is 0 Å². The predicted molar refractivity (Wildman–Crippen MR) is 88.9 cm³/mol. The first-order valence-corrected chi connectivity index (χ1v) is 9.44. The van der Waals surface area contributed by atoms with Crippen molar-refractivity contribution in [2.45, 2.75) is 66.1 Å². The normalized spacial score (nSPS) is 46.7. The average Bonchev–Trinajstić information content (AvgIpc) is 2.82. The Morgan fingerprint density at radius 3 is 2.52 bits per heavy atom. The fraction of sp³-hybridized carbons (Fsp3) is 0.850. The molecular weight excluding hydrogens is 318 g/mol. The monoisotopic (exact) mass is 345 g/mol. The van der Waals surface area contributed by atoms with E-state index in [4.69, 9.17) is 9.47 Å². The summed E-state index contributed by atoms with van der Waals surface area (Å²) in [4.78, 5) is 25.4. The van der Waals surface area contributed by atoms with E-state index in [9.17, 15) is 14.9 Å². The minimum absolute atomic E-state index is 0.0614. The quantitative estimate of drug-likeness (QED) is 0.732. The summed E-state index contributed by atoms with van der Waals surface area (Å²) in [5, 5.41) is 9.49. The number of hydrogen-bond acceptors (Lipinski definition) is 5. The highest BCUT2D eigenvalue weighted by molar-refractivity contribution is 5.85. The highest BCUT2D eigenvalue weighted by Crippen LogP contribution is 2.70. The number of nitrogens with zero attached hydrogens (tertiary/aromatic N) is 1. The number of nitriles is 1. The Kier molecular flexibility index (Phi) is 3.23. The fourth-order valence-corrected chi connectivity index (χ4v) is 6.05. The molecule has 7 unspecified atom stereocenters. The summed E-state index contributed by atoms with van der Waals surface area (Å²) >= 11 is 0. The van der Waals surface area contributed by atoms with E-state index in [1.165, 1.54) is 0 Å². The molecule has 0 amide bonds. The minimum Gasteiger partial charge on any atom is -0.458 e. The van der Waals surface area contributed by atoms with Crippen molar-refractivity contribution in [2.75, 3.05) is 0 Å². The summed E-state index contributed by atoms with van der Waals surface area (Å²) in [6, 6.07) is 2.20. The van der Waals surface area contributed by atoms with Crippen LogP contribution in [-0.2, 0) is 19.1 Å². The van der Waals surface area contributed by atoms with E-state index in [1.807, 2.05) is 0 Å². The highest BCUT2D eigenvalue weighted by Gasteiger charge is 2.74. The molecule has 1 aliphatic heterocycles. The minimum atomic E-state index is -0.986. The van der Waals surface area contributed by atoms with Crippen molar-refractivity contribution in [3.05, 3.63) is 0 Å². The van der Waals surface area contributed by atoms with Gasteiger partial charge in [-0.15, -0.1) is 0 Å². The summed E-state index contributed by atoms with van der Waals surface area (Å²) in [6.07, 6.45) is 1.25. The van der Waals surface area contributed by atoms with Crippen LogP contribution < -0.4 is 0 Å². The second-order valence-corrected chi connectivity index (χ2v) is 9.69. The van der Waals surface area contributed by atoms with E-state index in [0.29, 0.717) is 12.3 Å². The number of rotatable bonds is 4. The summed E-state index contributed by atoms with van der Waals surface area (Å²) in [5.74, 6) is 0.0319. The maximum atomic E-state index is 13.2. The zero-order valence-corrected chi connectivity index (χ0v) is 15.7. The van der Waals surface area contributed by atoms with Gasteiger partial charge in [-0.2, -0.15) is 5.26 Å². The number of carbonyl (C=O) groups is 2. The lowest BCUT2D eigenvalue weighted by atomic mass is 9.74. The molecule has 0 aromatic heterocycles. The standard InChI is InChI=1S/C20H27NO4/c1-10(2)11(3)20(8-18(20,4)5)17(23)24-14-12-6-13-15(14)25-16(22)19(13,7-12)9-21/h10-15H,6-8H2,1-5H3. The molecule has 4 aliphatic rings. The Bertz CT molecular complexity index is 692. The van der Waals surface area contributed by atoms with Crippen molar-refractivity contribution in [1.82, 2.24) is 0 Å². The van der Waals surface area contributed by atoms with E-state index in [1.54, 1.807) is 0 Å². The smallest absolute Gasteiger partial charge is 0.327 e. The molecule has 0 spiro atoms. The van der Waals surface area contributed by atoms with E-state index in [0.717, 1.165) is 12.8 Å². The molecule has 1 heterocycles. The summed E-state index contributed by atoms with van der Waals surface area (Å²) < 4.78 is 11.5. The lowest BCUT2D eigenvalue weighted by Gasteiger charge is -2.33. The zero-order chi connectivity index (χ0) is 18.4. The third-order valence-corrected chi connectivity index (χ3v) is 7.95. The maximum absolute atomic E-state index is 13.2. The van der Waals surface area contributed by atoms with E-state index < -0.39 is 22.9 Å². The molecule has 4 fully saturated rings. The van der Waals surface area contributed by atoms with E-state index in [-0.39, 0.29) is 35.2 Å². The second-order valence-electron chi connectivity index (χ2n) is 9.69. The molecule has 3 saturated carbocycles. The average molecular weight is 345 g/mol. The molecule has 4 rings (SSSR count). The van der Waals surface area contributed by atoms with Gasteiger partial charge in [-0.05, 0) is 36.5 Å². The lowest BCUT2D eigenvalue weighted by molar-refractivity contribution is -0.171. The number of ether oxygens (including phenoxy) is 2. The van der Waals surface area contributed by atoms with Crippen LogP contribution in [-0.4, -0.2) is 24.1 Å². The Morgan fingerprint density at radius 1 is 1.36 bits per heavy atom. The first kappa shape index (κ1) is 16.9. The van der Waals surface area contributed by atoms with Gasteiger partial charge in [0.05, 0.1) is 11.5 Å². The van der Waals surface area contributed by atoms with Gasteiger partial charge in [0.2, 0.25) is 0 Å². The molecule has 0 N–H and O–H groups in total. The lowest BCUT2D eigenvalue weighted by Crippen LogP contribution is -2.43. The second kappa shape index (κ2) is 4.78. The molecule has 25 heavy (non-hydrogen) atoms. The van der Waals surface area contributed by atoms with Gasteiger partial charge in [0, 0.05) is 11.8 Å². The number of hydrogen-bond donors (Lipinski definition) is 0. The van der Waals surface area contributed by atoms with Crippen molar-refractivity contribution in [2.24, 2.45) is 39.9 Å². The van der Waals surface area contributed by atoms with Crippen LogP contribution in [0.25, 0.3) is 0 Å². The molecule has 0 aromatic rings. The van der Waals surface area contributed by atoms with Crippen molar-refractivity contribution >= 4 is 11.9 Å². The van der Waals surface area contributed by atoms with Crippen LogP contribution in [0.15, 0.2) is 0 Å². The molecule has 2 bridgehead atoms. The fourth-order valence-electron chi connectivity index (χ4n) is 6.05. The van der Waals surface area contributed by atoms with Crippen LogP contribution in [0, 0.1) is 51.2 Å². The van der Waals surface area contributed by atoms with Crippen molar-refractivity contribution in [3.8, 4) is 6.07 Å². The summed E-state index contributed by atoms with van der Waals surface area (Å²) in [5.41, 5.74) is -1.49. The molecule has 3 aliphatic carbocycles. The summed E-state index contributed by atoms with van der Waals surface area (Å²) in [6.45, 7) is 10.7. The van der Waals surface area contributed by atoms with Crippen molar-refractivity contribution < 1.29 is 19.1 Å². The number of carbonyl (C=O) groups excluding carboxylic acids is 2. The first-order chi connectivity index (χ1) is 11.6. The van der Waals surface area contributed by atoms with Gasteiger partial charge in [-0.3, -0.25) is 9.59 Å². The zero-order valence-electron chi connectivity index (χ0n) is 15.7. The van der Waals surface area contributed by atoms with Crippen LogP contribution in [0.1, 0.15) is 53.9 Å². The van der Waals surface area contributed by atoms with Gasteiger partial charge in [-0.1, -0.05) is 34.6 Å². The SMILES string of the molecule is CC(C)C(C)C1(C(=O)OC2C3CC4C2OC(=O)C4(C#N)C3)CC1(C)C. The van der Waals surface area contributed by atoms with E-state index >= 15 is 0 Å². The van der Waals surface area contributed by atoms with Gasteiger partial charge in [-0.25, -0.2) is 0 Å². The Morgan fingerprint density at radius 2 is 2.00 bits per heavy atom. The topological polar surface area (TPSA) is 76.4 Å². The van der Waals surface area contributed by atoms with Gasteiger partial charge in [0.15, 0.2) is 5.41 Å². The third-order valence-electron chi connectivity index (χ3n) is 7.95. The van der Waals surface area contributed by atoms with Crippen LogP contribution in [0.4, 0.5) is 0 Å². The van der Waals surface area contributed by atoms with Gasteiger partial charge in [0.1, 0.15) is 12.2 Å². The molecule has 5 heteroatoms. The van der Waals surface area contributed by atoms with Crippen molar-refractivity contribution in [3.63, 3.8) is 0 Å². The molecule has 5 nitrogen and oxygen atoms in total. The van der Waals surface area contributed by atoms with Crippen LogP contribution >= 0.6 is 0 Å². The van der Waals surface area contributed by atoms with Crippen LogP contribution in [0.5, 0.6) is 0 Å². The molecular formula is C20H27NO4. The van der Waals surface area contributed by atoms with Crippen molar-refractivity contribution in [1.29, 1.82) is 5.26 Å². The Balaban J connectivity index is 1.56. The Labute approximate surface area is 149 Å². The van der Waals surface area contributed by atoms with Crippen LogP contribution in [0.2, 0.25) is 0 Å². The number of fused-ring (bicyclic) bond motifs is 1. The molecule has 136 valence electrons. The van der Waals surface area contributed by atoms with Gasteiger partial charge < -0.3 is 9.47 Å². The molecule has 1 saturated heterocycles. The number of esters is 2. The highest BCUT2D eigenvalue weighted by atomic mass is 16.6. The first-order valence-electron chi connectivity index (χ1n) is 9.44. The molecule has 0 aromatic carbocycles. The van der Waals surface area contributed by atoms with Gasteiger partial charge >= 0.3 is 11.9 Å². The summed E-state index contributed by atoms with van der Waals surface area (Å²) in [7, 11) is 0. The third kappa shape index (κ3) is 1.83. The Hall–Kier alpha value is -1.57. The molecule has 0 radical (unpaired) electrons. The molecule has 7 atom stereocenters. The van der Waals surface area contributed by atoms with E-state index in [2.05, 4.69) is 40.7 Å². The maximum Gasteiger partial charge on any atom is 0.327 e.